The molecular formula is C9H10Cl2N2O. The molecule has 76 valence electrons. The summed E-state index contributed by atoms with van der Waals surface area (Å²) >= 11 is 11.5. The fourth-order valence-corrected chi connectivity index (χ4v) is 1.13. The van der Waals surface area contributed by atoms with Crippen LogP contribution in [-0.4, -0.2) is 11.9 Å². The Morgan fingerprint density at radius 1 is 1.43 bits per heavy atom. The van der Waals surface area contributed by atoms with Gasteiger partial charge in [0.25, 0.3) is 0 Å². The van der Waals surface area contributed by atoms with Gasteiger partial charge in [0, 0.05) is 5.69 Å². The minimum absolute atomic E-state index is 0.261. The lowest BCUT2D eigenvalue weighted by molar-refractivity contribution is -0.117. The standard InChI is InChI=1S/C9H10Cl2N2O/c1-5(12)9(14)13-6-2-3-7(10)8(11)4-6/h2-5H,12H2,1H3,(H,13,14)/t5-/m1/s1. The zero-order valence-electron chi connectivity index (χ0n) is 7.55. The summed E-state index contributed by atoms with van der Waals surface area (Å²) in [5.74, 6) is -0.261. The molecular weight excluding hydrogens is 223 g/mol. The largest absolute Gasteiger partial charge is 0.325 e. The number of hydrogen-bond donors (Lipinski definition) is 2. The lowest BCUT2D eigenvalue weighted by Crippen LogP contribution is -2.32. The highest BCUT2D eigenvalue weighted by atomic mass is 35.5. The molecule has 0 radical (unpaired) electrons. The van der Waals surface area contributed by atoms with Gasteiger partial charge in [-0.25, -0.2) is 0 Å². The number of amides is 1. The minimum atomic E-state index is -0.551. The van der Waals surface area contributed by atoms with Crippen LogP contribution >= 0.6 is 23.2 Å². The van der Waals surface area contributed by atoms with Crippen molar-refractivity contribution in [3.8, 4) is 0 Å². The monoisotopic (exact) mass is 232 g/mol. The van der Waals surface area contributed by atoms with E-state index in [1.165, 1.54) is 0 Å². The van der Waals surface area contributed by atoms with Crippen LogP contribution in [0.5, 0.6) is 0 Å². The summed E-state index contributed by atoms with van der Waals surface area (Å²) < 4.78 is 0. The lowest BCUT2D eigenvalue weighted by atomic mass is 10.3. The lowest BCUT2D eigenvalue weighted by Gasteiger charge is -2.08. The van der Waals surface area contributed by atoms with E-state index < -0.39 is 6.04 Å². The molecule has 5 heteroatoms. The van der Waals surface area contributed by atoms with E-state index in [0.717, 1.165) is 0 Å². The Labute approximate surface area is 92.2 Å². The normalized spacial score (nSPS) is 12.3. The van der Waals surface area contributed by atoms with Gasteiger partial charge in [-0.3, -0.25) is 4.79 Å². The number of nitrogens with two attached hydrogens (primary N) is 1. The molecule has 0 spiro atoms. The fourth-order valence-electron chi connectivity index (χ4n) is 0.830. The van der Waals surface area contributed by atoms with Gasteiger partial charge in [0.1, 0.15) is 0 Å². The molecule has 14 heavy (non-hydrogen) atoms. The number of benzene rings is 1. The summed E-state index contributed by atoms with van der Waals surface area (Å²) in [6, 6.07) is 4.30. The van der Waals surface area contributed by atoms with E-state index in [9.17, 15) is 4.79 Å². The van der Waals surface area contributed by atoms with Gasteiger partial charge in [0.05, 0.1) is 16.1 Å². The molecule has 3 nitrogen and oxygen atoms in total. The molecule has 0 fully saturated rings. The Morgan fingerprint density at radius 2 is 2.07 bits per heavy atom. The molecule has 0 saturated carbocycles. The molecule has 1 aromatic carbocycles. The second kappa shape index (κ2) is 4.64. The maximum atomic E-state index is 11.2. The molecule has 0 unspecified atom stereocenters. The van der Waals surface area contributed by atoms with Gasteiger partial charge in [0.15, 0.2) is 0 Å². The maximum absolute atomic E-state index is 11.2. The number of halogens is 2. The summed E-state index contributed by atoms with van der Waals surface area (Å²) in [5, 5.41) is 3.45. The van der Waals surface area contributed by atoms with Crippen LogP contribution in [0.25, 0.3) is 0 Å². The first-order chi connectivity index (χ1) is 6.50. The number of carbonyl (C=O) groups is 1. The van der Waals surface area contributed by atoms with Crippen LogP contribution in [0.2, 0.25) is 10.0 Å². The maximum Gasteiger partial charge on any atom is 0.240 e. The number of rotatable bonds is 2. The fraction of sp³-hybridized carbons (Fsp3) is 0.222. The van der Waals surface area contributed by atoms with E-state index >= 15 is 0 Å². The van der Waals surface area contributed by atoms with Crippen molar-refractivity contribution < 1.29 is 4.79 Å². The van der Waals surface area contributed by atoms with Crippen molar-refractivity contribution in [1.29, 1.82) is 0 Å². The number of nitrogens with one attached hydrogen (secondary N) is 1. The van der Waals surface area contributed by atoms with E-state index in [1.807, 2.05) is 0 Å². The zero-order chi connectivity index (χ0) is 10.7. The van der Waals surface area contributed by atoms with Crippen LogP contribution in [0, 0.1) is 0 Å². The summed E-state index contributed by atoms with van der Waals surface area (Å²) in [6.45, 7) is 1.60. The van der Waals surface area contributed by atoms with Crippen molar-refractivity contribution in [2.45, 2.75) is 13.0 Å². The molecule has 0 aliphatic rings. The van der Waals surface area contributed by atoms with Gasteiger partial charge in [-0.05, 0) is 25.1 Å². The van der Waals surface area contributed by atoms with E-state index in [2.05, 4.69) is 5.32 Å². The average Bonchev–Trinajstić information content (AvgIpc) is 2.11. The van der Waals surface area contributed by atoms with Crippen LogP contribution in [0.4, 0.5) is 5.69 Å². The van der Waals surface area contributed by atoms with Gasteiger partial charge < -0.3 is 11.1 Å². The van der Waals surface area contributed by atoms with Crippen LogP contribution in [0.15, 0.2) is 18.2 Å². The number of hydrogen-bond acceptors (Lipinski definition) is 2. The zero-order valence-corrected chi connectivity index (χ0v) is 9.06. The van der Waals surface area contributed by atoms with Gasteiger partial charge in [-0.1, -0.05) is 23.2 Å². The molecule has 0 saturated heterocycles. The van der Waals surface area contributed by atoms with E-state index in [0.29, 0.717) is 15.7 Å². The van der Waals surface area contributed by atoms with Crippen molar-refractivity contribution in [2.75, 3.05) is 5.32 Å². The topological polar surface area (TPSA) is 55.1 Å². The third-order valence-corrected chi connectivity index (χ3v) is 2.34. The third-order valence-electron chi connectivity index (χ3n) is 1.60. The summed E-state index contributed by atoms with van der Waals surface area (Å²) in [7, 11) is 0. The molecule has 1 amide bonds. The SMILES string of the molecule is C[C@@H](N)C(=O)Nc1ccc(Cl)c(Cl)c1. The molecule has 3 N–H and O–H groups in total. The van der Waals surface area contributed by atoms with Crippen LogP contribution in [0.3, 0.4) is 0 Å². The Hall–Kier alpha value is -0.770. The molecule has 0 bridgehead atoms. The summed E-state index contributed by atoms with van der Waals surface area (Å²) in [4.78, 5) is 11.2. The molecule has 0 heterocycles. The van der Waals surface area contributed by atoms with E-state index in [1.54, 1.807) is 25.1 Å². The first-order valence-corrected chi connectivity index (χ1v) is 4.78. The predicted octanol–water partition coefficient (Wildman–Crippen LogP) is 2.28. The molecule has 1 aromatic rings. The first kappa shape index (κ1) is 11.3. The summed E-state index contributed by atoms with van der Waals surface area (Å²) in [6.07, 6.45) is 0. The van der Waals surface area contributed by atoms with Crippen molar-refractivity contribution in [1.82, 2.24) is 0 Å². The Kier molecular flexibility index (Phi) is 3.75. The average molecular weight is 233 g/mol. The number of carbonyl (C=O) groups excluding carboxylic acids is 1. The van der Waals surface area contributed by atoms with Crippen molar-refractivity contribution in [2.24, 2.45) is 5.73 Å². The van der Waals surface area contributed by atoms with Crippen molar-refractivity contribution in [3.63, 3.8) is 0 Å². The second-order valence-corrected chi connectivity index (χ2v) is 3.72. The highest BCUT2D eigenvalue weighted by Gasteiger charge is 2.08. The smallest absolute Gasteiger partial charge is 0.240 e. The van der Waals surface area contributed by atoms with Gasteiger partial charge in [-0.2, -0.15) is 0 Å². The van der Waals surface area contributed by atoms with E-state index in [-0.39, 0.29) is 5.91 Å². The third kappa shape index (κ3) is 2.87. The predicted molar refractivity (Wildman–Crippen MR) is 58.7 cm³/mol. The molecule has 0 aromatic heterocycles. The quantitative estimate of drug-likeness (QED) is 0.823. The van der Waals surface area contributed by atoms with Crippen molar-refractivity contribution >= 4 is 34.8 Å². The van der Waals surface area contributed by atoms with Crippen LogP contribution in [-0.2, 0) is 4.79 Å². The first-order valence-electron chi connectivity index (χ1n) is 4.02. The highest BCUT2D eigenvalue weighted by Crippen LogP contribution is 2.24. The Morgan fingerprint density at radius 3 is 2.57 bits per heavy atom. The molecule has 0 aliphatic heterocycles. The Bertz CT molecular complexity index is 353. The molecule has 0 aliphatic carbocycles. The molecule has 1 rings (SSSR count). The van der Waals surface area contributed by atoms with Crippen molar-refractivity contribution in [3.05, 3.63) is 28.2 Å². The van der Waals surface area contributed by atoms with Crippen LogP contribution < -0.4 is 11.1 Å². The van der Waals surface area contributed by atoms with Gasteiger partial charge in [-0.15, -0.1) is 0 Å². The van der Waals surface area contributed by atoms with E-state index in [4.69, 9.17) is 28.9 Å². The summed E-state index contributed by atoms with van der Waals surface area (Å²) in [5.41, 5.74) is 5.97. The molecule has 1 atom stereocenters. The van der Waals surface area contributed by atoms with Crippen LogP contribution in [0.1, 0.15) is 6.92 Å². The highest BCUT2D eigenvalue weighted by molar-refractivity contribution is 6.42. The second-order valence-electron chi connectivity index (χ2n) is 2.91. The Balaban J connectivity index is 2.78. The minimum Gasteiger partial charge on any atom is -0.325 e. The van der Waals surface area contributed by atoms with Gasteiger partial charge in [0.2, 0.25) is 5.91 Å². The van der Waals surface area contributed by atoms with Gasteiger partial charge >= 0.3 is 0 Å². The number of anilines is 1.